The summed E-state index contributed by atoms with van der Waals surface area (Å²) in [7, 11) is 4.91. The second-order valence-electron chi connectivity index (χ2n) is 9.75. The third-order valence-electron chi connectivity index (χ3n) is 6.56. The molecule has 4 rings (SSSR count). The number of nitrogens with zero attached hydrogens (tertiary/aromatic N) is 1. The number of aryl methyl sites for hydroxylation is 1. The molecule has 0 spiro atoms. The van der Waals surface area contributed by atoms with Crippen LogP contribution in [0.5, 0.6) is 5.75 Å². The Hall–Kier alpha value is -3.33. The van der Waals surface area contributed by atoms with E-state index in [2.05, 4.69) is 21.0 Å². The van der Waals surface area contributed by atoms with E-state index in [1.807, 2.05) is 93.8 Å². The Labute approximate surface area is 263 Å². The molecule has 1 atom stereocenters. The lowest BCUT2D eigenvalue weighted by Crippen LogP contribution is -2.41. The predicted molar refractivity (Wildman–Crippen MR) is 180 cm³/mol. The summed E-state index contributed by atoms with van der Waals surface area (Å²) in [6.07, 6.45) is 4.79. The molecule has 1 unspecified atom stereocenters. The molecule has 2 N–H and O–H groups in total. The van der Waals surface area contributed by atoms with E-state index in [1.54, 1.807) is 33.1 Å². The van der Waals surface area contributed by atoms with Crippen molar-refractivity contribution in [3.05, 3.63) is 89.5 Å². The summed E-state index contributed by atoms with van der Waals surface area (Å²) < 4.78 is 9.16. The van der Waals surface area contributed by atoms with Gasteiger partial charge in [-0.3, -0.25) is 9.69 Å². The number of nitrogens with one attached hydrogen (secondary N) is 1. The zero-order chi connectivity index (χ0) is 32.0. The number of hydrogen-bond donors (Lipinski definition) is 2. The van der Waals surface area contributed by atoms with Crippen LogP contribution >= 0.6 is 11.8 Å². The van der Waals surface area contributed by atoms with Crippen LogP contribution in [0.25, 0.3) is 11.1 Å². The minimum absolute atomic E-state index is 0.338. The monoisotopic (exact) mass is 610 g/mol. The molecular weight excluding hydrogens is 560 g/mol. The molecule has 0 saturated carbocycles. The van der Waals surface area contributed by atoms with E-state index in [9.17, 15) is 14.7 Å². The topological polar surface area (TPSA) is 88.1 Å². The fraction of sp³-hybridized carbons (Fsp3) is 0.429. The minimum Gasteiger partial charge on any atom is -0.497 e. The molecule has 1 aliphatic heterocycles. The molecule has 0 bridgehead atoms. The number of thioether (sulfide) groups is 1. The SMILES string of the molecule is CC.COC.COc1ccccc1.CSCCC(NC(=O)c1ccc(CN2CCCC2)cc1-c1ccccc1C)C(=O)O. The van der Waals surface area contributed by atoms with Crippen molar-refractivity contribution in [3.63, 3.8) is 0 Å². The van der Waals surface area contributed by atoms with Crippen molar-refractivity contribution >= 4 is 23.6 Å². The standard InChI is InChI=1S/C24H30N2O3S.C7H8O.C2H6O.C2H6/c1-17-7-3-4-8-19(17)21-15-18(16-26-12-5-6-13-26)9-10-20(21)23(27)25-22(24(28)29)11-14-30-2;1-8-7-5-3-2-4-6-7;1-3-2;1-2/h3-4,7-10,15,22H,5-6,11-14,16H2,1-2H3,(H,25,27)(H,28,29);2-6H,1H3;1-2H3;1-2H3. The first-order valence-corrected chi connectivity index (χ1v) is 16.2. The van der Waals surface area contributed by atoms with Crippen LogP contribution in [0.2, 0.25) is 0 Å². The van der Waals surface area contributed by atoms with Gasteiger partial charge in [0.25, 0.3) is 5.91 Å². The van der Waals surface area contributed by atoms with E-state index in [0.29, 0.717) is 17.7 Å². The van der Waals surface area contributed by atoms with Crippen LogP contribution in [0, 0.1) is 6.92 Å². The summed E-state index contributed by atoms with van der Waals surface area (Å²) in [6.45, 7) is 9.12. The first-order chi connectivity index (χ1) is 20.8. The van der Waals surface area contributed by atoms with E-state index in [0.717, 1.165) is 42.1 Å². The third-order valence-corrected chi connectivity index (χ3v) is 7.21. The van der Waals surface area contributed by atoms with Crippen molar-refractivity contribution in [1.82, 2.24) is 10.2 Å². The first-order valence-electron chi connectivity index (χ1n) is 14.8. The Morgan fingerprint density at radius 3 is 2.07 bits per heavy atom. The summed E-state index contributed by atoms with van der Waals surface area (Å²) in [5.41, 5.74) is 4.63. The van der Waals surface area contributed by atoms with Crippen molar-refractivity contribution in [2.45, 2.75) is 52.6 Å². The number of carboxylic acid groups (broad SMARTS) is 1. The molecule has 3 aromatic carbocycles. The molecule has 43 heavy (non-hydrogen) atoms. The lowest BCUT2D eigenvalue weighted by Gasteiger charge is -2.19. The van der Waals surface area contributed by atoms with E-state index in [-0.39, 0.29) is 5.91 Å². The van der Waals surface area contributed by atoms with Gasteiger partial charge in [0.15, 0.2) is 0 Å². The molecule has 0 aliphatic carbocycles. The van der Waals surface area contributed by atoms with Gasteiger partial charge in [-0.2, -0.15) is 11.8 Å². The van der Waals surface area contributed by atoms with Crippen molar-refractivity contribution in [2.24, 2.45) is 0 Å². The normalized spacial score (nSPS) is 12.7. The maximum Gasteiger partial charge on any atom is 0.326 e. The number of ether oxygens (including phenoxy) is 2. The predicted octanol–water partition coefficient (Wildman–Crippen LogP) is 7.18. The van der Waals surface area contributed by atoms with Gasteiger partial charge in [0.1, 0.15) is 11.8 Å². The Morgan fingerprint density at radius 2 is 1.53 bits per heavy atom. The van der Waals surface area contributed by atoms with Crippen LogP contribution in [-0.4, -0.2) is 74.4 Å². The Balaban J connectivity index is 0.000000594. The zero-order valence-corrected chi connectivity index (χ0v) is 27.7. The van der Waals surface area contributed by atoms with Crippen LogP contribution in [0.3, 0.4) is 0 Å². The number of likely N-dealkylation sites (tertiary alicyclic amines) is 1. The molecule has 1 saturated heterocycles. The summed E-state index contributed by atoms with van der Waals surface area (Å²) in [6, 6.07) is 22.7. The molecular formula is C35H50N2O5S. The second kappa shape index (κ2) is 22.2. The molecule has 0 aromatic heterocycles. The molecule has 0 radical (unpaired) electrons. The van der Waals surface area contributed by atoms with E-state index >= 15 is 0 Å². The van der Waals surface area contributed by atoms with Crippen LogP contribution in [0.15, 0.2) is 72.8 Å². The molecule has 1 amide bonds. The summed E-state index contributed by atoms with van der Waals surface area (Å²) in [5.74, 6) is 0.249. The molecule has 236 valence electrons. The minimum atomic E-state index is -1.000. The number of carbonyl (C=O) groups excluding carboxylic acids is 1. The highest BCUT2D eigenvalue weighted by Crippen LogP contribution is 2.29. The molecule has 1 heterocycles. The van der Waals surface area contributed by atoms with Crippen molar-refractivity contribution in [2.75, 3.05) is 46.4 Å². The number of carbonyl (C=O) groups is 2. The van der Waals surface area contributed by atoms with Gasteiger partial charge in [-0.15, -0.1) is 0 Å². The lowest BCUT2D eigenvalue weighted by molar-refractivity contribution is -0.139. The number of para-hydroxylation sites is 1. The van der Waals surface area contributed by atoms with E-state index < -0.39 is 12.0 Å². The Morgan fingerprint density at radius 1 is 0.930 bits per heavy atom. The van der Waals surface area contributed by atoms with Gasteiger partial charge in [-0.1, -0.05) is 62.4 Å². The largest absolute Gasteiger partial charge is 0.497 e. The number of hydrogen-bond acceptors (Lipinski definition) is 6. The van der Waals surface area contributed by atoms with Crippen molar-refractivity contribution in [3.8, 4) is 16.9 Å². The number of methoxy groups -OCH3 is 2. The van der Waals surface area contributed by atoms with Gasteiger partial charge in [-0.05, 0) is 97.8 Å². The number of benzene rings is 3. The van der Waals surface area contributed by atoms with Crippen LogP contribution in [0.1, 0.15) is 54.6 Å². The lowest BCUT2D eigenvalue weighted by atomic mass is 9.93. The van der Waals surface area contributed by atoms with E-state index in [4.69, 9.17) is 4.74 Å². The molecule has 7 nitrogen and oxygen atoms in total. The second-order valence-corrected chi connectivity index (χ2v) is 10.7. The average Bonchev–Trinajstić information content (AvgIpc) is 3.54. The summed E-state index contributed by atoms with van der Waals surface area (Å²) in [4.78, 5) is 27.1. The maximum atomic E-state index is 13.1. The Kier molecular flexibility index (Phi) is 19.5. The van der Waals surface area contributed by atoms with Gasteiger partial charge >= 0.3 is 5.97 Å². The fourth-order valence-corrected chi connectivity index (χ4v) is 4.94. The van der Waals surface area contributed by atoms with Crippen LogP contribution in [-0.2, 0) is 16.1 Å². The molecule has 1 fully saturated rings. The zero-order valence-electron chi connectivity index (χ0n) is 26.9. The Bertz CT molecular complexity index is 1200. The van der Waals surface area contributed by atoms with Crippen molar-refractivity contribution < 1.29 is 24.2 Å². The van der Waals surface area contributed by atoms with E-state index in [1.165, 1.54) is 18.4 Å². The molecule has 1 aliphatic rings. The van der Waals surface area contributed by atoms with Gasteiger partial charge < -0.3 is 19.9 Å². The third kappa shape index (κ3) is 13.7. The van der Waals surface area contributed by atoms with Crippen LogP contribution in [0.4, 0.5) is 0 Å². The quantitative estimate of drug-likeness (QED) is 0.251. The number of carboxylic acids is 1. The van der Waals surface area contributed by atoms with Gasteiger partial charge in [-0.25, -0.2) is 4.79 Å². The smallest absolute Gasteiger partial charge is 0.326 e. The summed E-state index contributed by atoms with van der Waals surface area (Å²) in [5, 5.41) is 12.2. The molecule has 3 aromatic rings. The van der Waals surface area contributed by atoms with Gasteiger partial charge in [0, 0.05) is 26.3 Å². The number of rotatable bonds is 10. The van der Waals surface area contributed by atoms with Gasteiger partial charge in [0.2, 0.25) is 0 Å². The number of amides is 1. The number of aliphatic carboxylic acids is 1. The molecule has 8 heteroatoms. The van der Waals surface area contributed by atoms with Gasteiger partial charge in [0.05, 0.1) is 7.11 Å². The highest BCUT2D eigenvalue weighted by Gasteiger charge is 2.23. The first kappa shape index (κ1) is 37.7. The highest BCUT2D eigenvalue weighted by molar-refractivity contribution is 7.98. The average molecular weight is 611 g/mol. The maximum absolute atomic E-state index is 13.1. The summed E-state index contributed by atoms with van der Waals surface area (Å²) >= 11 is 1.57. The van der Waals surface area contributed by atoms with Crippen molar-refractivity contribution in [1.29, 1.82) is 0 Å². The van der Waals surface area contributed by atoms with Crippen LogP contribution < -0.4 is 10.1 Å². The fourth-order valence-electron chi connectivity index (χ4n) is 4.47. The highest BCUT2D eigenvalue weighted by atomic mass is 32.2.